The summed E-state index contributed by atoms with van der Waals surface area (Å²) < 4.78 is 0. The highest BCUT2D eigenvalue weighted by molar-refractivity contribution is 5.24. The standard InChI is InChI=1S/C14H19NO4/c16-10-7-14(10)13(19)12(18)11(17)9(15-14)6-8-4-2-1-3-5-8/h1-5,9-13,15-19H,6-7H2/t9?,10-,11-,12+,13-,14?/m0/s1. The SMILES string of the molecule is O[C@@H]1[C@@H](O)C(Cc2ccccc2)NC2(C[C@@H]2O)[C@H]1O. The van der Waals surface area contributed by atoms with E-state index in [9.17, 15) is 20.4 Å². The monoisotopic (exact) mass is 265 g/mol. The van der Waals surface area contributed by atoms with Crippen LogP contribution >= 0.6 is 0 Å². The van der Waals surface area contributed by atoms with Crippen molar-refractivity contribution in [3.63, 3.8) is 0 Å². The van der Waals surface area contributed by atoms with Crippen molar-refractivity contribution in [2.45, 2.75) is 48.8 Å². The fourth-order valence-corrected chi connectivity index (χ4v) is 3.02. The zero-order chi connectivity index (χ0) is 13.6. The van der Waals surface area contributed by atoms with E-state index in [0.29, 0.717) is 12.8 Å². The van der Waals surface area contributed by atoms with E-state index < -0.39 is 30.0 Å². The van der Waals surface area contributed by atoms with E-state index in [4.69, 9.17) is 0 Å². The van der Waals surface area contributed by atoms with Crippen molar-refractivity contribution in [1.29, 1.82) is 0 Å². The number of aliphatic hydroxyl groups excluding tert-OH is 4. The predicted octanol–water partition coefficient (Wildman–Crippen LogP) is -1.21. The van der Waals surface area contributed by atoms with E-state index in [1.54, 1.807) is 0 Å². The fraction of sp³-hybridized carbons (Fsp3) is 0.571. The zero-order valence-electron chi connectivity index (χ0n) is 10.5. The lowest BCUT2D eigenvalue weighted by atomic mass is 9.85. The Morgan fingerprint density at radius 3 is 2.26 bits per heavy atom. The molecule has 2 aliphatic rings. The first kappa shape index (κ1) is 13.0. The summed E-state index contributed by atoms with van der Waals surface area (Å²) in [5, 5.41) is 42.8. The molecule has 104 valence electrons. The molecule has 1 heterocycles. The van der Waals surface area contributed by atoms with Crippen LogP contribution in [0.4, 0.5) is 0 Å². The highest BCUT2D eigenvalue weighted by Gasteiger charge is 2.65. The van der Waals surface area contributed by atoms with Crippen LogP contribution in [0.3, 0.4) is 0 Å². The van der Waals surface area contributed by atoms with E-state index in [-0.39, 0.29) is 6.04 Å². The summed E-state index contributed by atoms with van der Waals surface area (Å²) in [5.74, 6) is 0. The van der Waals surface area contributed by atoms with E-state index in [1.807, 2.05) is 30.3 Å². The molecule has 1 spiro atoms. The number of benzene rings is 1. The number of hydrogen-bond acceptors (Lipinski definition) is 5. The summed E-state index contributed by atoms with van der Waals surface area (Å²) in [6.45, 7) is 0. The summed E-state index contributed by atoms with van der Waals surface area (Å²) >= 11 is 0. The van der Waals surface area contributed by atoms with E-state index in [2.05, 4.69) is 5.32 Å². The van der Waals surface area contributed by atoms with Crippen LogP contribution in [0.15, 0.2) is 30.3 Å². The molecule has 5 heteroatoms. The van der Waals surface area contributed by atoms with Crippen molar-refractivity contribution in [3.05, 3.63) is 35.9 Å². The van der Waals surface area contributed by atoms with Gasteiger partial charge in [0, 0.05) is 6.04 Å². The maximum atomic E-state index is 10.1. The number of aliphatic hydroxyl groups is 4. The minimum atomic E-state index is -1.23. The number of piperidine rings is 1. The van der Waals surface area contributed by atoms with Crippen molar-refractivity contribution >= 4 is 0 Å². The van der Waals surface area contributed by atoms with Gasteiger partial charge in [0.05, 0.1) is 17.7 Å². The normalized spacial score (nSPS) is 45.4. The molecule has 6 atom stereocenters. The van der Waals surface area contributed by atoms with Crippen molar-refractivity contribution in [1.82, 2.24) is 5.32 Å². The van der Waals surface area contributed by atoms with Crippen LogP contribution in [-0.4, -0.2) is 56.4 Å². The second-order valence-electron chi connectivity index (χ2n) is 5.63. The third-order valence-electron chi connectivity index (χ3n) is 4.33. The van der Waals surface area contributed by atoms with Crippen molar-refractivity contribution in [3.8, 4) is 0 Å². The van der Waals surface area contributed by atoms with Crippen LogP contribution in [0.2, 0.25) is 0 Å². The molecule has 5 nitrogen and oxygen atoms in total. The van der Waals surface area contributed by atoms with Crippen LogP contribution in [0.25, 0.3) is 0 Å². The van der Waals surface area contributed by atoms with Crippen LogP contribution in [-0.2, 0) is 6.42 Å². The van der Waals surface area contributed by atoms with Gasteiger partial charge >= 0.3 is 0 Å². The summed E-state index contributed by atoms with van der Waals surface area (Å²) in [4.78, 5) is 0. The highest BCUT2D eigenvalue weighted by Crippen LogP contribution is 2.44. The van der Waals surface area contributed by atoms with Crippen molar-refractivity contribution < 1.29 is 20.4 Å². The Morgan fingerprint density at radius 2 is 1.68 bits per heavy atom. The number of rotatable bonds is 2. The van der Waals surface area contributed by atoms with Crippen LogP contribution in [0.1, 0.15) is 12.0 Å². The molecule has 19 heavy (non-hydrogen) atoms. The summed E-state index contributed by atoms with van der Waals surface area (Å²) in [5.41, 5.74) is 0.186. The number of hydrogen-bond donors (Lipinski definition) is 5. The molecule has 1 aromatic carbocycles. The first-order chi connectivity index (χ1) is 9.04. The lowest BCUT2D eigenvalue weighted by Gasteiger charge is -2.42. The molecule has 1 aromatic rings. The Kier molecular flexibility index (Phi) is 3.11. The minimum Gasteiger partial charge on any atom is -0.391 e. The molecule has 5 N–H and O–H groups in total. The third kappa shape index (κ3) is 2.07. The summed E-state index contributed by atoms with van der Waals surface area (Å²) in [7, 11) is 0. The largest absolute Gasteiger partial charge is 0.391 e. The Morgan fingerprint density at radius 1 is 1.05 bits per heavy atom. The maximum Gasteiger partial charge on any atom is 0.109 e. The second-order valence-corrected chi connectivity index (χ2v) is 5.63. The Hall–Kier alpha value is -0.980. The van der Waals surface area contributed by atoms with Gasteiger partial charge in [-0.15, -0.1) is 0 Å². The van der Waals surface area contributed by atoms with Gasteiger partial charge in [0.2, 0.25) is 0 Å². The van der Waals surface area contributed by atoms with E-state index in [1.165, 1.54) is 0 Å². The Bertz CT molecular complexity index is 454. The van der Waals surface area contributed by atoms with Crippen LogP contribution in [0.5, 0.6) is 0 Å². The predicted molar refractivity (Wildman–Crippen MR) is 68.4 cm³/mol. The average Bonchev–Trinajstić information content (AvgIpc) is 3.06. The fourth-order valence-electron chi connectivity index (χ4n) is 3.02. The summed E-state index contributed by atoms with van der Waals surface area (Å²) in [6.07, 6.45) is -3.13. The van der Waals surface area contributed by atoms with Gasteiger partial charge in [-0.05, 0) is 18.4 Å². The molecule has 2 fully saturated rings. The van der Waals surface area contributed by atoms with Gasteiger partial charge < -0.3 is 25.7 Å². The number of nitrogens with one attached hydrogen (secondary N) is 1. The van der Waals surface area contributed by atoms with Gasteiger partial charge in [-0.2, -0.15) is 0 Å². The van der Waals surface area contributed by atoms with Crippen LogP contribution < -0.4 is 5.32 Å². The Labute approximate surface area is 111 Å². The molecular formula is C14H19NO4. The van der Waals surface area contributed by atoms with E-state index >= 15 is 0 Å². The molecule has 0 aromatic heterocycles. The first-order valence-corrected chi connectivity index (χ1v) is 6.58. The smallest absolute Gasteiger partial charge is 0.109 e. The molecular weight excluding hydrogens is 246 g/mol. The van der Waals surface area contributed by atoms with Gasteiger partial charge in [-0.1, -0.05) is 30.3 Å². The Balaban J connectivity index is 1.78. The molecule has 1 aliphatic carbocycles. The molecule has 2 unspecified atom stereocenters. The van der Waals surface area contributed by atoms with Gasteiger partial charge in [0.25, 0.3) is 0 Å². The average molecular weight is 265 g/mol. The zero-order valence-corrected chi connectivity index (χ0v) is 10.5. The summed E-state index contributed by atoms with van der Waals surface area (Å²) in [6, 6.07) is 9.26. The lowest BCUT2D eigenvalue weighted by molar-refractivity contribution is -0.125. The molecule has 0 radical (unpaired) electrons. The highest BCUT2D eigenvalue weighted by atomic mass is 16.4. The minimum absolute atomic E-state index is 0.377. The first-order valence-electron chi connectivity index (χ1n) is 6.58. The lowest BCUT2D eigenvalue weighted by Crippen LogP contribution is -2.68. The van der Waals surface area contributed by atoms with E-state index in [0.717, 1.165) is 5.56 Å². The molecule has 3 rings (SSSR count). The molecule has 0 amide bonds. The third-order valence-corrected chi connectivity index (χ3v) is 4.33. The maximum absolute atomic E-state index is 10.1. The topological polar surface area (TPSA) is 93.0 Å². The van der Waals surface area contributed by atoms with Gasteiger partial charge in [0.15, 0.2) is 0 Å². The van der Waals surface area contributed by atoms with Gasteiger partial charge in [-0.25, -0.2) is 0 Å². The molecule has 1 saturated heterocycles. The quantitative estimate of drug-likeness (QED) is 0.462. The molecule has 0 bridgehead atoms. The second kappa shape index (κ2) is 4.54. The van der Waals surface area contributed by atoms with Gasteiger partial charge in [-0.3, -0.25) is 0 Å². The van der Waals surface area contributed by atoms with Crippen molar-refractivity contribution in [2.75, 3.05) is 0 Å². The molecule has 1 aliphatic heterocycles. The van der Waals surface area contributed by atoms with Crippen LogP contribution in [0, 0.1) is 0 Å². The van der Waals surface area contributed by atoms with Gasteiger partial charge in [0.1, 0.15) is 12.2 Å². The van der Waals surface area contributed by atoms with Crippen molar-refractivity contribution in [2.24, 2.45) is 0 Å². The molecule has 1 saturated carbocycles.